The maximum absolute atomic E-state index is 11.7. The van der Waals surface area contributed by atoms with Crippen LogP contribution in [0.3, 0.4) is 0 Å². The van der Waals surface area contributed by atoms with E-state index in [4.69, 9.17) is 5.11 Å². The summed E-state index contributed by atoms with van der Waals surface area (Å²) in [6.45, 7) is 0. The number of nitro benzene ring substituents is 1. The molecule has 0 aromatic heterocycles. The van der Waals surface area contributed by atoms with E-state index in [-0.39, 0.29) is 5.75 Å². The SMILES string of the molecule is O=[N+]([O-])c1ccc(OSC(F)(F)F)cc1O. The first-order valence-electron chi connectivity index (χ1n) is 3.69. The molecule has 0 aliphatic carbocycles. The van der Waals surface area contributed by atoms with Gasteiger partial charge in [-0.15, -0.1) is 0 Å². The zero-order valence-electron chi connectivity index (χ0n) is 7.39. The Balaban J connectivity index is 2.78. The summed E-state index contributed by atoms with van der Waals surface area (Å²) in [7, 11) is 0. The molecule has 0 unspecified atom stereocenters. The van der Waals surface area contributed by atoms with Crippen LogP contribution in [0, 0.1) is 10.1 Å². The van der Waals surface area contributed by atoms with Crippen LogP contribution >= 0.6 is 12.0 Å². The van der Waals surface area contributed by atoms with E-state index in [1.807, 2.05) is 0 Å². The Bertz CT molecular complexity index is 409. The number of alkyl halides is 3. The van der Waals surface area contributed by atoms with Gasteiger partial charge in [0.1, 0.15) is 5.75 Å². The van der Waals surface area contributed by atoms with Gasteiger partial charge in [0.15, 0.2) is 17.8 Å². The van der Waals surface area contributed by atoms with E-state index >= 15 is 0 Å². The van der Waals surface area contributed by atoms with Crippen molar-refractivity contribution >= 4 is 17.7 Å². The maximum atomic E-state index is 11.7. The van der Waals surface area contributed by atoms with Crippen molar-refractivity contribution in [2.45, 2.75) is 5.51 Å². The Morgan fingerprint density at radius 1 is 1.44 bits per heavy atom. The number of hydrogen-bond acceptors (Lipinski definition) is 5. The minimum absolute atomic E-state index is 0.328. The van der Waals surface area contributed by atoms with E-state index in [2.05, 4.69) is 4.18 Å². The van der Waals surface area contributed by atoms with Gasteiger partial charge >= 0.3 is 11.2 Å². The lowest BCUT2D eigenvalue weighted by molar-refractivity contribution is -0.385. The summed E-state index contributed by atoms with van der Waals surface area (Å²) in [6, 6.07) is 2.54. The number of phenols is 1. The summed E-state index contributed by atoms with van der Waals surface area (Å²) in [5, 5.41) is 19.3. The maximum Gasteiger partial charge on any atom is 0.479 e. The van der Waals surface area contributed by atoms with Crippen LogP contribution in [0.15, 0.2) is 18.2 Å². The molecule has 0 radical (unpaired) electrons. The highest BCUT2D eigenvalue weighted by atomic mass is 32.2. The molecule has 1 aromatic rings. The Morgan fingerprint density at radius 3 is 2.50 bits per heavy atom. The van der Waals surface area contributed by atoms with E-state index in [9.17, 15) is 23.3 Å². The molecule has 0 aliphatic heterocycles. The molecule has 16 heavy (non-hydrogen) atoms. The molecule has 1 N–H and O–H groups in total. The van der Waals surface area contributed by atoms with Gasteiger partial charge in [-0.25, -0.2) is 0 Å². The summed E-state index contributed by atoms with van der Waals surface area (Å²) in [4.78, 5) is 9.40. The second-order valence-corrected chi connectivity index (χ2v) is 3.32. The van der Waals surface area contributed by atoms with Crippen LogP contribution in [0.2, 0.25) is 0 Å². The molecule has 9 heteroatoms. The van der Waals surface area contributed by atoms with E-state index in [1.54, 1.807) is 0 Å². The highest BCUT2D eigenvalue weighted by Crippen LogP contribution is 2.35. The van der Waals surface area contributed by atoms with Crippen molar-refractivity contribution in [1.82, 2.24) is 0 Å². The van der Waals surface area contributed by atoms with Gasteiger partial charge in [-0.1, -0.05) is 0 Å². The molecule has 0 spiro atoms. The molecule has 0 saturated carbocycles. The highest BCUT2D eigenvalue weighted by molar-refractivity contribution is 7.95. The van der Waals surface area contributed by atoms with Crippen LogP contribution in [0.25, 0.3) is 0 Å². The molecular weight excluding hydrogens is 251 g/mol. The van der Waals surface area contributed by atoms with Gasteiger partial charge in [0.2, 0.25) is 0 Å². The number of phenolic OH excluding ortho intramolecular Hbond substituents is 1. The minimum atomic E-state index is -4.59. The first kappa shape index (κ1) is 12.4. The number of halogens is 3. The number of nitrogens with zero attached hydrogens (tertiary/aromatic N) is 1. The average molecular weight is 255 g/mol. The Kier molecular flexibility index (Phi) is 3.48. The van der Waals surface area contributed by atoms with Gasteiger partial charge in [-0.2, -0.15) is 13.2 Å². The fraction of sp³-hybridized carbons (Fsp3) is 0.143. The third-order valence-corrected chi connectivity index (χ3v) is 1.84. The first-order valence-corrected chi connectivity index (χ1v) is 4.43. The fourth-order valence-electron chi connectivity index (χ4n) is 0.805. The fourth-order valence-corrected chi connectivity index (χ4v) is 1.10. The summed E-state index contributed by atoms with van der Waals surface area (Å²) < 4.78 is 39.3. The number of nitro groups is 1. The number of rotatable bonds is 3. The second-order valence-electron chi connectivity index (χ2n) is 2.52. The molecule has 0 heterocycles. The molecule has 0 atom stereocenters. The van der Waals surface area contributed by atoms with Crippen LogP contribution < -0.4 is 4.18 Å². The largest absolute Gasteiger partial charge is 0.502 e. The molecule has 1 rings (SSSR count). The Labute approximate surface area is 91.2 Å². The first-order chi connectivity index (χ1) is 7.29. The second kappa shape index (κ2) is 4.47. The third-order valence-electron chi connectivity index (χ3n) is 1.38. The quantitative estimate of drug-likeness (QED) is 0.510. The summed E-state index contributed by atoms with van der Waals surface area (Å²) in [5.41, 5.74) is -5.19. The van der Waals surface area contributed by atoms with Crippen molar-refractivity contribution < 1.29 is 27.4 Å². The van der Waals surface area contributed by atoms with Crippen LogP contribution in [0.1, 0.15) is 0 Å². The van der Waals surface area contributed by atoms with Gasteiger partial charge in [-0.05, 0) is 6.07 Å². The predicted octanol–water partition coefficient (Wildman–Crippen LogP) is 2.85. The highest BCUT2D eigenvalue weighted by Gasteiger charge is 2.31. The van der Waals surface area contributed by atoms with Gasteiger partial charge in [-0.3, -0.25) is 10.1 Å². The molecule has 0 aliphatic rings. The lowest BCUT2D eigenvalue weighted by atomic mass is 10.3. The van der Waals surface area contributed by atoms with Gasteiger partial charge in [0, 0.05) is 12.1 Å². The van der Waals surface area contributed by atoms with E-state index in [1.165, 1.54) is 0 Å². The molecule has 5 nitrogen and oxygen atoms in total. The van der Waals surface area contributed by atoms with E-state index < -0.39 is 33.9 Å². The van der Waals surface area contributed by atoms with Crippen LogP contribution in [-0.4, -0.2) is 15.5 Å². The van der Waals surface area contributed by atoms with Gasteiger partial charge in [0.25, 0.3) is 0 Å². The summed E-state index contributed by atoms with van der Waals surface area (Å²) in [6.07, 6.45) is 0. The molecule has 0 fully saturated rings. The van der Waals surface area contributed by atoms with Crippen molar-refractivity contribution in [3.63, 3.8) is 0 Å². The summed E-state index contributed by atoms with van der Waals surface area (Å²) in [5.74, 6) is -1.09. The number of benzene rings is 1. The standard InChI is InChI=1S/C7H4F3NO4S/c8-7(9,10)16-15-4-1-2-5(11(13)14)6(12)3-4/h1-3,12H. The lowest BCUT2D eigenvalue weighted by Crippen LogP contribution is -2.02. The van der Waals surface area contributed by atoms with Crippen molar-refractivity contribution in [3.05, 3.63) is 28.3 Å². The van der Waals surface area contributed by atoms with E-state index in [0.29, 0.717) is 0 Å². The topological polar surface area (TPSA) is 72.6 Å². The molecule has 88 valence electrons. The van der Waals surface area contributed by atoms with Gasteiger partial charge in [0.05, 0.1) is 4.92 Å². The van der Waals surface area contributed by atoms with Crippen molar-refractivity contribution in [2.24, 2.45) is 0 Å². The molecule has 0 bridgehead atoms. The van der Waals surface area contributed by atoms with Crippen LogP contribution in [0.5, 0.6) is 11.5 Å². The van der Waals surface area contributed by atoms with Crippen molar-refractivity contribution in [3.8, 4) is 11.5 Å². The van der Waals surface area contributed by atoms with Crippen LogP contribution in [0.4, 0.5) is 18.9 Å². The number of aromatic hydroxyl groups is 1. The smallest absolute Gasteiger partial charge is 0.479 e. The molecule has 1 aromatic carbocycles. The van der Waals surface area contributed by atoms with Crippen LogP contribution in [-0.2, 0) is 0 Å². The van der Waals surface area contributed by atoms with E-state index in [0.717, 1.165) is 18.2 Å². The van der Waals surface area contributed by atoms with Crippen molar-refractivity contribution in [1.29, 1.82) is 0 Å². The van der Waals surface area contributed by atoms with Gasteiger partial charge < -0.3 is 9.29 Å². The number of hydrogen-bond donors (Lipinski definition) is 1. The monoisotopic (exact) mass is 255 g/mol. The zero-order valence-corrected chi connectivity index (χ0v) is 8.21. The molecule has 0 saturated heterocycles. The Morgan fingerprint density at radius 2 is 2.06 bits per heavy atom. The predicted molar refractivity (Wildman–Crippen MR) is 49.0 cm³/mol. The van der Waals surface area contributed by atoms with Crippen molar-refractivity contribution in [2.75, 3.05) is 0 Å². The lowest BCUT2D eigenvalue weighted by Gasteiger charge is -2.06. The zero-order chi connectivity index (χ0) is 12.3. The molecular formula is C7H4F3NO4S. The Hall–Kier alpha value is -1.64. The minimum Gasteiger partial charge on any atom is -0.502 e. The third kappa shape index (κ3) is 3.50. The molecule has 0 amide bonds. The normalized spacial score (nSPS) is 11.2. The summed E-state index contributed by atoms with van der Waals surface area (Å²) >= 11 is -0.771. The average Bonchev–Trinajstić information content (AvgIpc) is 2.13.